The van der Waals surface area contributed by atoms with E-state index in [0.717, 1.165) is 48.7 Å². The van der Waals surface area contributed by atoms with Crippen molar-refractivity contribution in [3.63, 3.8) is 0 Å². The van der Waals surface area contributed by atoms with Gasteiger partial charge in [0, 0.05) is 5.41 Å². The quantitative estimate of drug-likeness (QED) is 0.116. The highest BCUT2D eigenvalue weighted by atomic mass is 16.5. The van der Waals surface area contributed by atoms with E-state index < -0.39 is 5.41 Å². The summed E-state index contributed by atoms with van der Waals surface area (Å²) in [5, 5.41) is 0. The highest BCUT2D eigenvalue weighted by Crippen LogP contribution is 2.67. The smallest absolute Gasteiger partial charge is 0.161 e. The zero-order valence-corrected chi connectivity index (χ0v) is 33.5. The molecule has 4 aromatic rings. The van der Waals surface area contributed by atoms with Crippen molar-refractivity contribution >= 4 is 0 Å². The second kappa shape index (κ2) is 15.6. The lowest BCUT2D eigenvalue weighted by molar-refractivity contribution is 0.217. The minimum atomic E-state index is -0.546. The molecule has 0 bridgehead atoms. The summed E-state index contributed by atoms with van der Waals surface area (Å²) < 4.78 is 26.9. The van der Waals surface area contributed by atoms with E-state index >= 15 is 0 Å². The van der Waals surface area contributed by atoms with Gasteiger partial charge in [-0.1, -0.05) is 143 Å². The molecule has 0 heterocycles. The van der Waals surface area contributed by atoms with E-state index in [1.54, 1.807) is 0 Å². The van der Waals surface area contributed by atoms with Crippen LogP contribution in [0.1, 0.15) is 117 Å². The normalized spacial score (nSPS) is 18.7. The molecule has 0 N–H and O–H groups in total. The molecule has 278 valence electrons. The van der Waals surface area contributed by atoms with Crippen molar-refractivity contribution in [1.29, 1.82) is 0 Å². The SMILES string of the molecule is CCC(C)COc1cc2c(cc1OCC(C)CC)C1(c3ccccc3-c3ccccc3C1(C)C)c1cc(OCC(C)CC)c(OCC(C)CC)cc1-2. The van der Waals surface area contributed by atoms with Crippen LogP contribution in [0, 0.1) is 23.7 Å². The van der Waals surface area contributed by atoms with E-state index in [0.29, 0.717) is 50.1 Å². The van der Waals surface area contributed by atoms with Crippen LogP contribution in [0.4, 0.5) is 0 Å². The van der Waals surface area contributed by atoms with Gasteiger partial charge in [-0.3, -0.25) is 0 Å². The fraction of sp³-hybridized carbons (Fsp3) is 0.500. The molecule has 4 heteroatoms. The Morgan fingerprint density at radius 1 is 0.423 bits per heavy atom. The summed E-state index contributed by atoms with van der Waals surface area (Å²) in [7, 11) is 0. The maximum absolute atomic E-state index is 6.77. The fourth-order valence-corrected chi connectivity index (χ4v) is 7.99. The first-order chi connectivity index (χ1) is 25.0. The monoisotopic (exact) mass is 702 g/mol. The number of fused-ring (bicyclic) bond motifs is 9. The van der Waals surface area contributed by atoms with E-state index in [2.05, 4.69) is 142 Å². The van der Waals surface area contributed by atoms with Crippen molar-refractivity contribution < 1.29 is 18.9 Å². The lowest BCUT2D eigenvalue weighted by atomic mass is 9.50. The Labute approximate surface area is 314 Å². The second-order valence-electron chi connectivity index (χ2n) is 16.5. The van der Waals surface area contributed by atoms with Gasteiger partial charge in [-0.15, -0.1) is 0 Å². The van der Waals surface area contributed by atoms with E-state index in [9.17, 15) is 0 Å². The molecule has 0 saturated heterocycles. The molecular weight excluding hydrogens is 641 g/mol. The number of hydrogen-bond acceptors (Lipinski definition) is 4. The highest BCUT2D eigenvalue weighted by molar-refractivity contribution is 5.93. The third kappa shape index (κ3) is 6.60. The molecule has 0 fully saturated rings. The molecule has 0 amide bonds. The summed E-state index contributed by atoms with van der Waals surface area (Å²) in [5.41, 5.74) is 9.17. The molecule has 4 nitrogen and oxygen atoms in total. The number of rotatable bonds is 16. The lowest BCUT2D eigenvalue weighted by Gasteiger charge is -2.51. The van der Waals surface area contributed by atoms with Crippen LogP contribution in [-0.2, 0) is 10.8 Å². The van der Waals surface area contributed by atoms with E-state index in [-0.39, 0.29) is 5.41 Å². The van der Waals surface area contributed by atoms with Crippen molar-refractivity contribution in [1.82, 2.24) is 0 Å². The van der Waals surface area contributed by atoms with Gasteiger partial charge in [-0.25, -0.2) is 0 Å². The van der Waals surface area contributed by atoms with E-state index in [4.69, 9.17) is 18.9 Å². The predicted molar refractivity (Wildman–Crippen MR) is 216 cm³/mol. The van der Waals surface area contributed by atoms with Crippen LogP contribution < -0.4 is 18.9 Å². The van der Waals surface area contributed by atoms with Crippen LogP contribution in [0.25, 0.3) is 22.3 Å². The first-order valence-corrected chi connectivity index (χ1v) is 20.1. The number of benzene rings is 4. The van der Waals surface area contributed by atoms with Gasteiger partial charge in [-0.05, 0) is 92.4 Å². The van der Waals surface area contributed by atoms with Gasteiger partial charge < -0.3 is 18.9 Å². The Hall–Kier alpha value is -3.92. The standard InChI is InChI=1S/C48H62O4/c1-11-31(5)27-49-43-23-37-38-24-44(50-28-32(6)12-2)46(52-30-34(8)14-4)26-42(38)48(41(37)25-45(43)51-29-33(7)13-3)40-22-18-16-20-36(40)35-19-15-17-21-39(35)47(48,9)10/h15-26,31-34H,11-14,27-30H2,1-10H3. The summed E-state index contributed by atoms with van der Waals surface area (Å²) in [6, 6.07) is 27.2. The Morgan fingerprint density at radius 3 is 1.13 bits per heavy atom. The Kier molecular flexibility index (Phi) is 11.3. The molecule has 4 atom stereocenters. The first-order valence-electron chi connectivity index (χ1n) is 20.1. The minimum Gasteiger partial charge on any atom is -0.489 e. The maximum atomic E-state index is 6.77. The zero-order chi connectivity index (χ0) is 37.2. The highest BCUT2D eigenvalue weighted by Gasteiger charge is 2.59. The van der Waals surface area contributed by atoms with Gasteiger partial charge in [0.05, 0.1) is 31.8 Å². The Balaban J connectivity index is 1.68. The van der Waals surface area contributed by atoms with Gasteiger partial charge in [0.2, 0.25) is 0 Å². The maximum Gasteiger partial charge on any atom is 0.161 e. The van der Waals surface area contributed by atoms with E-state index in [1.165, 1.54) is 44.5 Å². The summed E-state index contributed by atoms with van der Waals surface area (Å²) in [6.07, 6.45) is 4.22. The Morgan fingerprint density at radius 2 is 0.750 bits per heavy atom. The molecule has 0 saturated carbocycles. The molecule has 0 radical (unpaired) electrons. The van der Waals surface area contributed by atoms with Gasteiger partial charge in [0.15, 0.2) is 23.0 Å². The molecule has 1 spiro atoms. The van der Waals surface area contributed by atoms with Gasteiger partial charge in [-0.2, -0.15) is 0 Å². The zero-order valence-electron chi connectivity index (χ0n) is 33.5. The third-order valence-electron chi connectivity index (χ3n) is 12.3. The van der Waals surface area contributed by atoms with Crippen molar-refractivity contribution in [2.45, 2.75) is 106 Å². The van der Waals surface area contributed by atoms with Gasteiger partial charge in [0.1, 0.15) is 0 Å². The van der Waals surface area contributed by atoms with Crippen molar-refractivity contribution in [3.05, 3.63) is 95.1 Å². The van der Waals surface area contributed by atoms with Gasteiger partial charge >= 0.3 is 0 Å². The van der Waals surface area contributed by atoms with Crippen LogP contribution in [0.5, 0.6) is 23.0 Å². The molecule has 4 aromatic carbocycles. The van der Waals surface area contributed by atoms with Crippen LogP contribution in [0.15, 0.2) is 72.8 Å². The Bertz CT molecular complexity index is 1770. The average Bonchev–Trinajstić information content (AvgIpc) is 3.44. The van der Waals surface area contributed by atoms with Crippen LogP contribution in [-0.4, -0.2) is 26.4 Å². The summed E-state index contributed by atoms with van der Waals surface area (Å²) in [4.78, 5) is 0. The average molecular weight is 703 g/mol. The molecule has 52 heavy (non-hydrogen) atoms. The van der Waals surface area contributed by atoms with Crippen LogP contribution in [0.3, 0.4) is 0 Å². The minimum absolute atomic E-state index is 0.349. The first kappa shape index (κ1) is 37.8. The third-order valence-corrected chi connectivity index (χ3v) is 12.3. The molecule has 0 aliphatic heterocycles. The van der Waals surface area contributed by atoms with Crippen molar-refractivity contribution in [2.24, 2.45) is 23.7 Å². The summed E-state index contributed by atoms with van der Waals surface area (Å²) in [5.74, 6) is 4.98. The largest absolute Gasteiger partial charge is 0.489 e. The van der Waals surface area contributed by atoms with Crippen LogP contribution >= 0.6 is 0 Å². The van der Waals surface area contributed by atoms with Crippen molar-refractivity contribution in [3.8, 4) is 45.3 Å². The molecule has 2 aliphatic carbocycles. The topological polar surface area (TPSA) is 36.9 Å². The number of ether oxygens (including phenoxy) is 4. The molecule has 2 aliphatic rings. The fourth-order valence-electron chi connectivity index (χ4n) is 7.99. The van der Waals surface area contributed by atoms with Crippen molar-refractivity contribution in [2.75, 3.05) is 26.4 Å². The lowest BCUT2D eigenvalue weighted by Crippen LogP contribution is -2.48. The number of hydrogen-bond donors (Lipinski definition) is 0. The van der Waals surface area contributed by atoms with E-state index in [1.807, 2.05) is 0 Å². The molecular formula is C48H62O4. The van der Waals surface area contributed by atoms with Gasteiger partial charge in [0.25, 0.3) is 0 Å². The predicted octanol–water partition coefficient (Wildman–Crippen LogP) is 12.7. The van der Waals surface area contributed by atoms with Crippen LogP contribution in [0.2, 0.25) is 0 Å². The second-order valence-corrected chi connectivity index (χ2v) is 16.5. The summed E-state index contributed by atoms with van der Waals surface area (Å²) >= 11 is 0. The molecule has 0 aromatic heterocycles. The molecule has 4 unspecified atom stereocenters. The summed E-state index contributed by atoms with van der Waals surface area (Å²) in [6.45, 7) is 25.3. The molecule has 6 rings (SSSR count).